The van der Waals surface area contributed by atoms with E-state index < -0.39 is 12.8 Å². The van der Waals surface area contributed by atoms with Gasteiger partial charge in [-0.3, -0.25) is 0 Å². The molecule has 0 saturated carbocycles. The van der Waals surface area contributed by atoms with Crippen LogP contribution in [-0.4, -0.2) is 17.8 Å². The molecule has 23 heavy (non-hydrogen) atoms. The van der Waals surface area contributed by atoms with Crippen molar-refractivity contribution in [2.75, 3.05) is 6.61 Å². The van der Waals surface area contributed by atoms with Crippen molar-refractivity contribution in [1.29, 1.82) is 0 Å². The van der Waals surface area contributed by atoms with E-state index in [1.807, 2.05) is 36.9 Å². The Hall–Kier alpha value is -2.14. The SMILES string of the molecule is Cl.FC(F)(F)COc1ccc([CH]c2c[nH]c3ccccc23)cc1. The lowest BCUT2D eigenvalue weighted by Crippen LogP contribution is -2.19. The van der Waals surface area contributed by atoms with E-state index in [0.29, 0.717) is 0 Å². The second kappa shape index (κ2) is 6.96. The largest absolute Gasteiger partial charge is 0.484 e. The molecule has 1 radical (unpaired) electrons. The average molecular weight is 341 g/mol. The highest BCUT2D eigenvalue weighted by Gasteiger charge is 2.28. The summed E-state index contributed by atoms with van der Waals surface area (Å²) in [6.07, 6.45) is -0.458. The first-order chi connectivity index (χ1) is 10.5. The van der Waals surface area contributed by atoms with Crippen molar-refractivity contribution in [1.82, 2.24) is 4.98 Å². The maximum Gasteiger partial charge on any atom is 0.422 e. The Morgan fingerprint density at radius 1 is 1.00 bits per heavy atom. The van der Waals surface area contributed by atoms with Crippen LogP contribution in [0.4, 0.5) is 13.2 Å². The molecule has 0 aliphatic carbocycles. The minimum atomic E-state index is -4.32. The molecule has 6 heteroatoms. The molecule has 3 rings (SSSR count). The molecular weight excluding hydrogens is 327 g/mol. The van der Waals surface area contributed by atoms with Crippen LogP contribution in [0.1, 0.15) is 11.1 Å². The van der Waals surface area contributed by atoms with Crippen molar-refractivity contribution in [3.63, 3.8) is 0 Å². The van der Waals surface area contributed by atoms with Crippen LogP contribution < -0.4 is 4.74 Å². The van der Waals surface area contributed by atoms with Gasteiger partial charge in [-0.05, 0) is 29.3 Å². The van der Waals surface area contributed by atoms with E-state index in [1.165, 1.54) is 12.1 Å². The molecule has 121 valence electrons. The Morgan fingerprint density at radius 3 is 2.39 bits per heavy atom. The topological polar surface area (TPSA) is 25.0 Å². The third-order valence-corrected chi connectivity index (χ3v) is 3.23. The minimum Gasteiger partial charge on any atom is -0.484 e. The summed E-state index contributed by atoms with van der Waals surface area (Å²) in [5, 5.41) is 1.10. The smallest absolute Gasteiger partial charge is 0.422 e. The van der Waals surface area contributed by atoms with Gasteiger partial charge in [0.2, 0.25) is 0 Å². The maximum absolute atomic E-state index is 12.1. The lowest BCUT2D eigenvalue weighted by atomic mass is 10.0. The van der Waals surface area contributed by atoms with Crippen molar-refractivity contribution < 1.29 is 17.9 Å². The summed E-state index contributed by atoms with van der Waals surface area (Å²) < 4.78 is 40.9. The maximum atomic E-state index is 12.1. The molecule has 2 aromatic carbocycles. The van der Waals surface area contributed by atoms with Crippen molar-refractivity contribution in [2.45, 2.75) is 6.18 Å². The van der Waals surface area contributed by atoms with E-state index in [-0.39, 0.29) is 18.2 Å². The van der Waals surface area contributed by atoms with E-state index in [4.69, 9.17) is 0 Å². The van der Waals surface area contributed by atoms with Gasteiger partial charge in [0.05, 0.1) is 0 Å². The molecule has 0 unspecified atom stereocenters. The summed E-state index contributed by atoms with van der Waals surface area (Å²) in [4.78, 5) is 3.18. The molecule has 0 spiro atoms. The molecule has 1 heterocycles. The van der Waals surface area contributed by atoms with Crippen LogP contribution >= 0.6 is 12.4 Å². The monoisotopic (exact) mass is 340 g/mol. The Labute approximate surface area is 137 Å². The fourth-order valence-electron chi connectivity index (χ4n) is 2.22. The Kier molecular flexibility index (Phi) is 5.21. The Balaban J connectivity index is 0.00000192. The lowest BCUT2D eigenvalue weighted by molar-refractivity contribution is -0.153. The number of para-hydroxylation sites is 1. The molecular formula is C17H14ClF3NO. The number of H-pyrrole nitrogens is 1. The number of halogens is 4. The van der Waals surface area contributed by atoms with Crippen LogP contribution in [-0.2, 0) is 0 Å². The molecule has 0 aliphatic heterocycles. The van der Waals surface area contributed by atoms with Gasteiger partial charge < -0.3 is 9.72 Å². The third-order valence-electron chi connectivity index (χ3n) is 3.23. The van der Waals surface area contributed by atoms with E-state index in [9.17, 15) is 13.2 Å². The molecule has 0 atom stereocenters. The van der Waals surface area contributed by atoms with Crippen LogP contribution in [0.3, 0.4) is 0 Å². The van der Waals surface area contributed by atoms with E-state index in [1.54, 1.807) is 12.1 Å². The van der Waals surface area contributed by atoms with Crippen molar-refractivity contribution in [3.8, 4) is 5.75 Å². The fraction of sp³-hybridized carbons (Fsp3) is 0.118. The summed E-state index contributed by atoms with van der Waals surface area (Å²) in [7, 11) is 0. The zero-order chi connectivity index (χ0) is 15.6. The highest BCUT2D eigenvalue weighted by molar-refractivity contribution is 5.85. The second-order valence-corrected chi connectivity index (χ2v) is 4.91. The average Bonchev–Trinajstić information content (AvgIpc) is 2.89. The fourth-order valence-corrected chi connectivity index (χ4v) is 2.22. The number of ether oxygens (including phenoxy) is 1. The number of benzene rings is 2. The first-order valence-corrected chi connectivity index (χ1v) is 6.72. The molecule has 0 bridgehead atoms. The van der Waals surface area contributed by atoms with Gasteiger partial charge in [-0.25, -0.2) is 0 Å². The highest BCUT2D eigenvalue weighted by atomic mass is 35.5. The molecule has 0 saturated heterocycles. The van der Waals surface area contributed by atoms with Crippen LogP contribution in [0.2, 0.25) is 0 Å². The third kappa shape index (κ3) is 4.42. The van der Waals surface area contributed by atoms with Gasteiger partial charge in [0.25, 0.3) is 0 Å². The predicted octanol–water partition coefficient (Wildman–Crippen LogP) is 5.13. The first kappa shape index (κ1) is 17.2. The summed E-state index contributed by atoms with van der Waals surface area (Å²) >= 11 is 0. The molecule has 0 aliphatic rings. The summed E-state index contributed by atoms with van der Waals surface area (Å²) in [5.41, 5.74) is 2.96. The van der Waals surface area contributed by atoms with Gasteiger partial charge in [0.15, 0.2) is 6.61 Å². The standard InChI is InChI=1S/C17H13F3NO.ClH/c18-17(19,20)11-22-14-7-5-12(6-8-14)9-13-10-21-16-4-2-1-3-15(13)16;/h1-10,21H,11H2;1H. The van der Waals surface area contributed by atoms with Crippen molar-refractivity contribution in [2.24, 2.45) is 0 Å². The lowest BCUT2D eigenvalue weighted by Gasteiger charge is -2.09. The first-order valence-electron chi connectivity index (χ1n) is 6.72. The summed E-state index contributed by atoms with van der Waals surface area (Å²) in [6.45, 7) is -1.28. The summed E-state index contributed by atoms with van der Waals surface area (Å²) in [6, 6.07) is 14.4. The van der Waals surface area contributed by atoms with Crippen LogP contribution in [0.25, 0.3) is 10.9 Å². The van der Waals surface area contributed by atoms with Crippen LogP contribution in [0, 0.1) is 6.42 Å². The van der Waals surface area contributed by atoms with Gasteiger partial charge >= 0.3 is 6.18 Å². The number of hydrogen-bond donors (Lipinski definition) is 1. The second-order valence-electron chi connectivity index (χ2n) is 4.91. The van der Waals surface area contributed by atoms with E-state index >= 15 is 0 Å². The Bertz CT molecular complexity index is 765. The van der Waals surface area contributed by atoms with Crippen LogP contribution in [0.5, 0.6) is 5.75 Å². The normalized spacial score (nSPS) is 11.3. The van der Waals surface area contributed by atoms with Crippen molar-refractivity contribution >= 4 is 23.3 Å². The molecule has 2 nitrogen and oxygen atoms in total. The number of aromatic nitrogens is 1. The van der Waals surface area contributed by atoms with Gasteiger partial charge in [-0.15, -0.1) is 12.4 Å². The molecule has 0 amide bonds. The van der Waals surface area contributed by atoms with Gasteiger partial charge in [-0.2, -0.15) is 13.2 Å². The van der Waals surface area contributed by atoms with Gasteiger partial charge in [0, 0.05) is 23.5 Å². The zero-order valence-electron chi connectivity index (χ0n) is 11.9. The summed E-state index contributed by atoms with van der Waals surface area (Å²) in [5.74, 6) is 0.202. The molecule has 1 N–H and O–H groups in total. The number of nitrogens with one attached hydrogen (secondary N) is 1. The van der Waals surface area contributed by atoms with Gasteiger partial charge in [0.1, 0.15) is 5.75 Å². The van der Waals surface area contributed by atoms with Crippen molar-refractivity contribution in [3.05, 3.63) is 72.3 Å². The number of rotatable bonds is 4. The number of alkyl halides is 3. The molecule has 0 fully saturated rings. The number of aromatic amines is 1. The van der Waals surface area contributed by atoms with E-state index in [0.717, 1.165) is 22.0 Å². The van der Waals surface area contributed by atoms with Crippen LogP contribution in [0.15, 0.2) is 54.7 Å². The predicted molar refractivity (Wildman–Crippen MR) is 86.0 cm³/mol. The van der Waals surface area contributed by atoms with Gasteiger partial charge in [-0.1, -0.05) is 30.3 Å². The minimum absolute atomic E-state index is 0. The molecule has 1 aromatic heterocycles. The number of fused-ring (bicyclic) bond motifs is 1. The quantitative estimate of drug-likeness (QED) is 0.699. The molecule has 3 aromatic rings. The highest BCUT2D eigenvalue weighted by Crippen LogP contribution is 2.24. The zero-order valence-corrected chi connectivity index (χ0v) is 12.7. The number of hydrogen-bond acceptors (Lipinski definition) is 1. The van der Waals surface area contributed by atoms with E-state index in [2.05, 4.69) is 9.72 Å². The Morgan fingerprint density at radius 2 is 1.70 bits per heavy atom.